The van der Waals surface area contributed by atoms with Gasteiger partial charge in [0.05, 0.1) is 6.20 Å². The van der Waals surface area contributed by atoms with E-state index in [0.29, 0.717) is 6.54 Å². The Kier molecular flexibility index (Phi) is 3.01. The lowest BCUT2D eigenvalue weighted by molar-refractivity contribution is -0.144. The minimum absolute atomic E-state index is 0.353. The molecule has 5 nitrogen and oxygen atoms in total. The molecular weight excluding hydrogens is 196 g/mol. The Morgan fingerprint density at radius 2 is 2.53 bits per heavy atom. The molecule has 0 bridgehead atoms. The maximum Gasteiger partial charge on any atom is 0.320 e. The second-order valence-corrected chi connectivity index (χ2v) is 3.85. The minimum Gasteiger partial charge on any atom is -0.480 e. The number of aliphatic carboxylic acids is 1. The number of hydrogen-bond donors (Lipinski definition) is 1. The number of carbonyl (C=O) groups is 1. The number of likely N-dealkylation sites (tertiary alicyclic amines) is 1. The molecule has 1 N–H and O–H groups in total. The second-order valence-electron chi connectivity index (χ2n) is 3.85. The first-order valence-corrected chi connectivity index (χ1v) is 5.12. The molecule has 1 fully saturated rings. The lowest BCUT2D eigenvalue weighted by atomic mass is 10.0. The van der Waals surface area contributed by atoms with Crippen LogP contribution in [0.25, 0.3) is 0 Å². The maximum absolute atomic E-state index is 11.0. The van der Waals surface area contributed by atoms with Crippen LogP contribution in [0.5, 0.6) is 0 Å². The lowest BCUT2D eigenvalue weighted by Crippen LogP contribution is -2.43. The van der Waals surface area contributed by atoms with Crippen molar-refractivity contribution in [3.8, 4) is 0 Å². The zero-order valence-corrected chi connectivity index (χ0v) is 8.43. The molecule has 0 amide bonds. The summed E-state index contributed by atoms with van der Waals surface area (Å²) >= 11 is 0. The van der Waals surface area contributed by atoms with Crippen molar-refractivity contribution >= 4 is 5.97 Å². The van der Waals surface area contributed by atoms with Gasteiger partial charge in [-0.3, -0.25) is 9.69 Å². The fourth-order valence-electron chi connectivity index (χ4n) is 2.00. The first-order valence-electron chi connectivity index (χ1n) is 5.12. The lowest BCUT2D eigenvalue weighted by Gasteiger charge is -2.32. The summed E-state index contributed by atoms with van der Waals surface area (Å²) in [7, 11) is 0. The Bertz CT molecular complexity index is 323. The molecule has 1 unspecified atom stereocenters. The molecule has 1 saturated heterocycles. The quantitative estimate of drug-likeness (QED) is 0.809. The molecule has 1 aromatic rings. The summed E-state index contributed by atoms with van der Waals surface area (Å²) in [6.45, 7) is 1.45. The predicted octanol–water partition coefficient (Wildman–Crippen LogP) is 1.11. The Labute approximate surface area is 87.7 Å². The highest BCUT2D eigenvalue weighted by molar-refractivity contribution is 5.73. The molecule has 15 heavy (non-hydrogen) atoms. The normalized spacial score (nSPS) is 22.8. The molecule has 0 aliphatic carbocycles. The molecule has 0 radical (unpaired) electrons. The van der Waals surface area contributed by atoms with Crippen LogP contribution in [-0.4, -0.2) is 33.7 Å². The van der Waals surface area contributed by atoms with Gasteiger partial charge in [-0.25, -0.2) is 0 Å². The summed E-state index contributed by atoms with van der Waals surface area (Å²) in [5.74, 6) is -0.730. The number of carboxylic acid groups (broad SMARTS) is 1. The molecule has 1 aliphatic heterocycles. The predicted molar refractivity (Wildman–Crippen MR) is 52.2 cm³/mol. The Morgan fingerprint density at radius 3 is 3.20 bits per heavy atom. The zero-order valence-electron chi connectivity index (χ0n) is 8.43. The van der Waals surface area contributed by atoms with Crippen LogP contribution in [0.2, 0.25) is 0 Å². The summed E-state index contributed by atoms with van der Waals surface area (Å²) in [6.07, 6.45) is 5.99. The molecular formula is C10H14N2O3. The van der Waals surface area contributed by atoms with Crippen molar-refractivity contribution in [2.75, 3.05) is 6.54 Å². The number of hydrogen-bond acceptors (Lipinski definition) is 4. The number of carboxylic acids is 1. The molecule has 2 rings (SSSR count). The van der Waals surface area contributed by atoms with Gasteiger partial charge in [-0.05, 0) is 19.4 Å². The van der Waals surface area contributed by atoms with Crippen molar-refractivity contribution in [3.05, 3.63) is 18.0 Å². The van der Waals surface area contributed by atoms with Gasteiger partial charge in [-0.15, -0.1) is 0 Å². The van der Waals surface area contributed by atoms with Crippen LogP contribution >= 0.6 is 0 Å². The molecule has 0 aromatic carbocycles. The summed E-state index contributed by atoms with van der Waals surface area (Å²) in [6, 6.07) is -0.353. The van der Waals surface area contributed by atoms with E-state index in [4.69, 9.17) is 9.63 Å². The van der Waals surface area contributed by atoms with Gasteiger partial charge in [0.25, 0.3) is 0 Å². The van der Waals surface area contributed by atoms with Crippen molar-refractivity contribution < 1.29 is 14.4 Å². The SMILES string of the molecule is O=C(O)C1CCCCN1Cc1cnoc1. The van der Waals surface area contributed by atoms with Crippen molar-refractivity contribution in [3.63, 3.8) is 0 Å². The van der Waals surface area contributed by atoms with Crippen LogP contribution in [0.4, 0.5) is 0 Å². The number of rotatable bonds is 3. The molecule has 0 saturated carbocycles. The van der Waals surface area contributed by atoms with E-state index < -0.39 is 5.97 Å². The van der Waals surface area contributed by atoms with Crippen molar-refractivity contribution in [1.82, 2.24) is 10.1 Å². The maximum atomic E-state index is 11.0. The van der Waals surface area contributed by atoms with Crippen LogP contribution in [0.15, 0.2) is 17.0 Å². The summed E-state index contributed by atoms with van der Waals surface area (Å²) in [5, 5.41) is 12.7. The first-order chi connectivity index (χ1) is 7.27. The zero-order chi connectivity index (χ0) is 10.7. The van der Waals surface area contributed by atoms with Gasteiger partial charge in [0.15, 0.2) is 0 Å². The highest BCUT2D eigenvalue weighted by atomic mass is 16.5. The highest BCUT2D eigenvalue weighted by Gasteiger charge is 2.28. The number of piperidine rings is 1. The van der Waals surface area contributed by atoms with E-state index in [0.717, 1.165) is 31.4 Å². The Morgan fingerprint density at radius 1 is 1.67 bits per heavy atom. The van der Waals surface area contributed by atoms with Gasteiger partial charge in [-0.1, -0.05) is 11.6 Å². The van der Waals surface area contributed by atoms with Gasteiger partial charge in [-0.2, -0.15) is 0 Å². The Hall–Kier alpha value is -1.36. The van der Waals surface area contributed by atoms with E-state index in [1.807, 2.05) is 4.90 Å². The molecule has 5 heteroatoms. The van der Waals surface area contributed by atoms with Gasteiger partial charge in [0.2, 0.25) is 0 Å². The largest absolute Gasteiger partial charge is 0.480 e. The fourth-order valence-corrected chi connectivity index (χ4v) is 2.00. The van der Waals surface area contributed by atoms with Gasteiger partial charge >= 0.3 is 5.97 Å². The topological polar surface area (TPSA) is 66.6 Å². The van der Waals surface area contributed by atoms with E-state index in [1.165, 1.54) is 0 Å². The number of nitrogens with zero attached hydrogens (tertiary/aromatic N) is 2. The summed E-state index contributed by atoms with van der Waals surface area (Å²) < 4.78 is 4.73. The van der Waals surface area contributed by atoms with Crippen LogP contribution in [0.3, 0.4) is 0 Å². The minimum atomic E-state index is -0.730. The van der Waals surface area contributed by atoms with Crippen molar-refractivity contribution in [2.24, 2.45) is 0 Å². The Balaban J connectivity index is 2.02. The highest BCUT2D eigenvalue weighted by Crippen LogP contribution is 2.19. The summed E-state index contributed by atoms with van der Waals surface area (Å²) in [5.41, 5.74) is 0.933. The van der Waals surface area contributed by atoms with E-state index in [9.17, 15) is 4.79 Å². The summed E-state index contributed by atoms with van der Waals surface area (Å²) in [4.78, 5) is 13.0. The molecule has 0 spiro atoms. The first kappa shape index (κ1) is 10.2. The smallest absolute Gasteiger partial charge is 0.320 e. The molecule has 2 heterocycles. The van der Waals surface area contributed by atoms with Gasteiger partial charge in [0, 0.05) is 12.1 Å². The van der Waals surface area contributed by atoms with Gasteiger partial charge in [0.1, 0.15) is 12.3 Å². The second kappa shape index (κ2) is 4.44. The molecule has 1 atom stereocenters. The van der Waals surface area contributed by atoms with Crippen LogP contribution in [-0.2, 0) is 11.3 Å². The number of aromatic nitrogens is 1. The van der Waals surface area contributed by atoms with E-state index in [-0.39, 0.29) is 6.04 Å². The van der Waals surface area contributed by atoms with E-state index in [2.05, 4.69) is 5.16 Å². The third kappa shape index (κ3) is 2.36. The third-order valence-corrected chi connectivity index (χ3v) is 2.77. The average molecular weight is 210 g/mol. The monoisotopic (exact) mass is 210 g/mol. The van der Waals surface area contributed by atoms with E-state index in [1.54, 1.807) is 12.5 Å². The van der Waals surface area contributed by atoms with Crippen LogP contribution < -0.4 is 0 Å². The third-order valence-electron chi connectivity index (χ3n) is 2.77. The van der Waals surface area contributed by atoms with Crippen molar-refractivity contribution in [2.45, 2.75) is 31.8 Å². The molecule has 1 aromatic heterocycles. The van der Waals surface area contributed by atoms with Gasteiger partial charge < -0.3 is 9.63 Å². The average Bonchev–Trinajstić information content (AvgIpc) is 2.71. The van der Waals surface area contributed by atoms with Crippen LogP contribution in [0, 0.1) is 0 Å². The standard InChI is InChI=1S/C10H14N2O3/c13-10(14)9-3-1-2-4-12(9)6-8-5-11-15-7-8/h5,7,9H,1-4,6H2,(H,13,14). The fraction of sp³-hybridized carbons (Fsp3) is 0.600. The molecule has 1 aliphatic rings. The van der Waals surface area contributed by atoms with E-state index >= 15 is 0 Å². The van der Waals surface area contributed by atoms with Crippen molar-refractivity contribution in [1.29, 1.82) is 0 Å². The molecule has 82 valence electrons. The van der Waals surface area contributed by atoms with Crippen LogP contribution in [0.1, 0.15) is 24.8 Å².